The number of nitrogens with zero attached hydrogens (tertiary/aromatic N) is 1. The van der Waals surface area contributed by atoms with E-state index in [1.165, 1.54) is 17.1 Å². The van der Waals surface area contributed by atoms with E-state index in [9.17, 15) is 8.42 Å². The molecule has 16 heavy (non-hydrogen) atoms. The highest BCUT2D eigenvalue weighted by molar-refractivity contribution is 7.92. The van der Waals surface area contributed by atoms with E-state index >= 15 is 0 Å². The molecule has 0 bridgehead atoms. The van der Waals surface area contributed by atoms with Crippen LogP contribution in [0.15, 0.2) is 0 Å². The Balaban J connectivity index is 2.64. The van der Waals surface area contributed by atoms with Gasteiger partial charge in [0.2, 0.25) is 10.0 Å². The summed E-state index contributed by atoms with van der Waals surface area (Å²) < 4.78 is 25.4. The van der Waals surface area contributed by atoms with Crippen LogP contribution in [-0.4, -0.2) is 36.6 Å². The molecule has 0 aromatic carbocycles. The van der Waals surface area contributed by atoms with E-state index in [2.05, 4.69) is 0 Å². The van der Waals surface area contributed by atoms with Crippen molar-refractivity contribution < 1.29 is 8.42 Å². The monoisotopic (exact) mass is 264 g/mol. The molecule has 0 saturated heterocycles. The highest BCUT2D eigenvalue weighted by atomic mass is 32.2. The predicted molar refractivity (Wildman–Crippen MR) is 69.8 cm³/mol. The first kappa shape index (κ1) is 13.9. The smallest absolute Gasteiger partial charge is 0.222 e. The molecule has 1 rings (SSSR count). The topological polar surface area (TPSA) is 63.4 Å². The molecule has 1 atom stereocenters. The average Bonchev–Trinajstić information content (AvgIpc) is 2.68. The van der Waals surface area contributed by atoms with Gasteiger partial charge in [0.25, 0.3) is 0 Å². The van der Waals surface area contributed by atoms with Gasteiger partial charge in [-0.15, -0.1) is 0 Å². The summed E-state index contributed by atoms with van der Waals surface area (Å²) in [6.07, 6.45) is 4.68. The maximum Gasteiger partial charge on any atom is 0.222 e. The molecule has 6 heteroatoms. The molecular weight excluding hydrogens is 244 g/mol. The van der Waals surface area contributed by atoms with Gasteiger partial charge in [-0.3, -0.25) is 0 Å². The molecule has 1 fully saturated rings. The standard InChI is InChI=1S/C10H20N2O2S2/c1-8(10(11)15)16(13,14)12(2)7-9-5-3-4-6-9/h8-9H,3-7H2,1-2H3,(H2,11,15). The van der Waals surface area contributed by atoms with Gasteiger partial charge >= 0.3 is 0 Å². The van der Waals surface area contributed by atoms with Crippen LogP contribution in [0, 0.1) is 5.92 Å². The second kappa shape index (κ2) is 5.42. The highest BCUT2D eigenvalue weighted by Gasteiger charge is 2.30. The first-order valence-electron chi connectivity index (χ1n) is 5.60. The Morgan fingerprint density at radius 3 is 2.44 bits per heavy atom. The van der Waals surface area contributed by atoms with E-state index in [1.807, 2.05) is 0 Å². The van der Waals surface area contributed by atoms with E-state index in [-0.39, 0.29) is 4.99 Å². The molecule has 0 aromatic heterocycles. The third-order valence-electron chi connectivity index (χ3n) is 3.27. The number of rotatable bonds is 5. The Kier molecular flexibility index (Phi) is 4.70. The fourth-order valence-electron chi connectivity index (χ4n) is 2.08. The number of nitrogens with two attached hydrogens (primary N) is 1. The zero-order valence-electron chi connectivity index (χ0n) is 9.85. The summed E-state index contributed by atoms with van der Waals surface area (Å²) in [5, 5.41) is -0.770. The molecule has 94 valence electrons. The van der Waals surface area contributed by atoms with Crippen LogP contribution in [0.4, 0.5) is 0 Å². The van der Waals surface area contributed by atoms with Crippen LogP contribution in [0.25, 0.3) is 0 Å². The van der Waals surface area contributed by atoms with Crippen molar-refractivity contribution in [1.29, 1.82) is 0 Å². The Morgan fingerprint density at radius 1 is 1.50 bits per heavy atom. The van der Waals surface area contributed by atoms with Gasteiger partial charge in [0.15, 0.2) is 0 Å². The first-order chi connectivity index (χ1) is 7.35. The molecule has 0 heterocycles. The Bertz CT molecular complexity index is 348. The maximum absolute atomic E-state index is 12.0. The van der Waals surface area contributed by atoms with E-state index in [0.29, 0.717) is 12.5 Å². The second-order valence-electron chi connectivity index (χ2n) is 4.52. The molecule has 1 aliphatic rings. The molecular formula is C10H20N2O2S2. The quantitative estimate of drug-likeness (QED) is 0.756. The predicted octanol–water partition coefficient (Wildman–Crippen LogP) is 1.11. The van der Waals surface area contributed by atoms with Gasteiger partial charge in [0.1, 0.15) is 5.25 Å². The highest BCUT2D eigenvalue weighted by Crippen LogP contribution is 2.26. The van der Waals surface area contributed by atoms with Crippen LogP contribution in [0.3, 0.4) is 0 Å². The van der Waals surface area contributed by atoms with E-state index in [1.54, 1.807) is 14.0 Å². The molecule has 0 aliphatic heterocycles. The van der Waals surface area contributed by atoms with Crippen molar-refractivity contribution >= 4 is 27.2 Å². The third kappa shape index (κ3) is 3.15. The van der Waals surface area contributed by atoms with Crippen molar-refractivity contribution in [2.24, 2.45) is 11.7 Å². The summed E-state index contributed by atoms with van der Waals surface area (Å²) in [5.41, 5.74) is 5.39. The summed E-state index contributed by atoms with van der Waals surface area (Å²) in [6.45, 7) is 2.14. The summed E-state index contributed by atoms with van der Waals surface area (Å²) in [4.78, 5) is 0.0401. The largest absolute Gasteiger partial charge is 0.392 e. The van der Waals surface area contributed by atoms with Crippen molar-refractivity contribution in [3.8, 4) is 0 Å². The minimum Gasteiger partial charge on any atom is -0.392 e. The Morgan fingerprint density at radius 2 is 2.00 bits per heavy atom. The van der Waals surface area contributed by atoms with E-state index < -0.39 is 15.3 Å². The lowest BCUT2D eigenvalue weighted by atomic mass is 10.1. The number of sulfonamides is 1. The zero-order chi connectivity index (χ0) is 12.3. The van der Waals surface area contributed by atoms with Crippen molar-refractivity contribution in [2.75, 3.05) is 13.6 Å². The average molecular weight is 264 g/mol. The van der Waals surface area contributed by atoms with Crippen LogP contribution in [0.2, 0.25) is 0 Å². The minimum atomic E-state index is -3.36. The number of hydrogen-bond donors (Lipinski definition) is 1. The molecule has 0 radical (unpaired) electrons. The van der Waals surface area contributed by atoms with Crippen molar-refractivity contribution in [3.63, 3.8) is 0 Å². The van der Waals surface area contributed by atoms with E-state index in [0.717, 1.165) is 12.8 Å². The molecule has 2 N–H and O–H groups in total. The summed E-state index contributed by atoms with van der Waals surface area (Å²) in [7, 11) is -1.75. The molecule has 1 unspecified atom stereocenters. The van der Waals surface area contributed by atoms with Crippen LogP contribution >= 0.6 is 12.2 Å². The van der Waals surface area contributed by atoms with Gasteiger partial charge in [-0.1, -0.05) is 25.1 Å². The summed E-state index contributed by atoms with van der Waals surface area (Å²) in [5.74, 6) is 0.498. The van der Waals surface area contributed by atoms with Gasteiger partial charge in [0, 0.05) is 13.6 Å². The van der Waals surface area contributed by atoms with Gasteiger partial charge in [-0.05, 0) is 25.7 Å². The van der Waals surface area contributed by atoms with Crippen LogP contribution in [0.5, 0.6) is 0 Å². The van der Waals surface area contributed by atoms with Crippen molar-refractivity contribution in [3.05, 3.63) is 0 Å². The lowest BCUT2D eigenvalue weighted by molar-refractivity contribution is 0.386. The van der Waals surface area contributed by atoms with Gasteiger partial charge in [0.05, 0.1) is 4.99 Å². The number of thiocarbonyl (C=S) groups is 1. The lowest BCUT2D eigenvalue weighted by Crippen LogP contribution is -2.42. The fourth-order valence-corrected chi connectivity index (χ4v) is 3.69. The number of hydrogen-bond acceptors (Lipinski definition) is 3. The van der Waals surface area contributed by atoms with Gasteiger partial charge in [-0.2, -0.15) is 0 Å². The van der Waals surface area contributed by atoms with Crippen molar-refractivity contribution in [2.45, 2.75) is 37.9 Å². The molecule has 4 nitrogen and oxygen atoms in total. The fraction of sp³-hybridized carbons (Fsp3) is 0.900. The Hall–Kier alpha value is -0.200. The maximum atomic E-state index is 12.0. The van der Waals surface area contributed by atoms with Crippen LogP contribution < -0.4 is 5.73 Å². The molecule has 0 aromatic rings. The Labute approximate surface area is 103 Å². The summed E-state index contributed by atoms with van der Waals surface area (Å²) in [6, 6.07) is 0. The van der Waals surface area contributed by atoms with E-state index in [4.69, 9.17) is 18.0 Å². The summed E-state index contributed by atoms with van der Waals surface area (Å²) >= 11 is 4.74. The zero-order valence-corrected chi connectivity index (χ0v) is 11.5. The normalized spacial score (nSPS) is 20.2. The first-order valence-corrected chi connectivity index (χ1v) is 7.51. The molecule has 1 aliphatic carbocycles. The molecule has 1 saturated carbocycles. The second-order valence-corrected chi connectivity index (χ2v) is 7.35. The molecule has 0 spiro atoms. The van der Waals surface area contributed by atoms with Crippen LogP contribution in [-0.2, 0) is 10.0 Å². The van der Waals surface area contributed by atoms with Gasteiger partial charge < -0.3 is 5.73 Å². The van der Waals surface area contributed by atoms with Crippen LogP contribution in [0.1, 0.15) is 32.6 Å². The molecule has 0 amide bonds. The SMILES string of the molecule is CC(C(N)=S)S(=O)(=O)N(C)CC1CCCC1. The third-order valence-corrected chi connectivity index (χ3v) is 5.94. The minimum absolute atomic E-state index is 0.0401. The van der Waals surface area contributed by atoms with Crippen molar-refractivity contribution in [1.82, 2.24) is 4.31 Å². The van der Waals surface area contributed by atoms with Gasteiger partial charge in [-0.25, -0.2) is 12.7 Å². The lowest BCUT2D eigenvalue weighted by Gasteiger charge is -2.23.